The number of ketones is 1. The van der Waals surface area contributed by atoms with E-state index >= 15 is 0 Å². The third-order valence-corrected chi connectivity index (χ3v) is 3.91. The molecule has 120 valence electrons. The first-order valence-electron chi connectivity index (χ1n) is 7.04. The van der Waals surface area contributed by atoms with Crippen molar-refractivity contribution >= 4 is 11.5 Å². The van der Waals surface area contributed by atoms with Crippen molar-refractivity contribution in [2.75, 3.05) is 0 Å². The van der Waals surface area contributed by atoms with E-state index in [1.807, 2.05) is 20.8 Å². The summed E-state index contributed by atoms with van der Waals surface area (Å²) < 4.78 is 5.91. The molecule has 1 aliphatic heterocycles. The van der Waals surface area contributed by atoms with Gasteiger partial charge >= 0.3 is 0 Å². The number of hydrogen-bond donors (Lipinski definition) is 1. The Bertz CT molecular complexity index is 606. The fourth-order valence-electron chi connectivity index (χ4n) is 2.92. The molecule has 0 radical (unpaired) electrons. The predicted molar refractivity (Wildman–Crippen MR) is 78.2 cm³/mol. The van der Waals surface area contributed by atoms with Crippen LogP contribution < -0.4 is 0 Å². The molecule has 1 saturated heterocycles. The summed E-state index contributed by atoms with van der Waals surface area (Å²) in [6.07, 6.45) is 0.931. The predicted octanol–water partition coefficient (Wildman–Crippen LogP) is 2.19. The number of carbonyl (C=O) groups excluding carboxylic acids is 1. The van der Waals surface area contributed by atoms with Crippen LogP contribution in [-0.4, -0.2) is 32.5 Å². The summed E-state index contributed by atoms with van der Waals surface area (Å²) in [5.74, 6) is -0.380. The molecule has 1 aromatic rings. The number of pyridine rings is 1. The van der Waals surface area contributed by atoms with Gasteiger partial charge in [-0.1, -0.05) is 20.8 Å². The topological polar surface area (TPSA) is 103 Å². The molecule has 7 nitrogen and oxygen atoms in total. The van der Waals surface area contributed by atoms with Crippen LogP contribution in [0.25, 0.3) is 0 Å². The maximum atomic E-state index is 12.3. The third-order valence-electron chi connectivity index (χ3n) is 3.91. The summed E-state index contributed by atoms with van der Waals surface area (Å²) in [7, 11) is 0. The van der Waals surface area contributed by atoms with Crippen LogP contribution in [-0.2, 0) is 9.53 Å². The average molecular weight is 308 g/mol. The lowest BCUT2D eigenvalue weighted by Crippen LogP contribution is -2.58. The molecule has 0 amide bonds. The van der Waals surface area contributed by atoms with E-state index in [1.165, 1.54) is 19.2 Å². The van der Waals surface area contributed by atoms with Crippen molar-refractivity contribution < 1.29 is 19.6 Å². The SMILES string of the molecule is CC(C)(C)[C@H]1O[C@@H](c2ccncc2[N+](=O)[O-])CC(=O)[C@]1(C)O. The van der Waals surface area contributed by atoms with Crippen molar-refractivity contribution in [2.45, 2.75) is 51.9 Å². The van der Waals surface area contributed by atoms with E-state index in [4.69, 9.17) is 4.74 Å². The van der Waals surface area contributed by atoms with Crippen LogP contribution in [0.4, 0.5) is 5.69 Å². The molecule has 1 aliphatic rings. The van der Waals surface area contributed by atoms with E-state index in [-0.39, 0.29) is 17.9 Å². The number of aromatic nitrogens is 1. The molecule has 0 bridgehead atoms. The maximum Gasteiger partial charge on any atom is 0.293 e. The average Bonchev–Trinajstić information content (AvgIpc) is 2.40. The number of ether oxygens (including phenoxy) is 1. The molecule has 0 aliphatic carbocycles. The Morgan fingerprint density at radius 3 is 2.68 bits per heavy atom. The van der Waals surface area contributed by atoms with E-state index in [0.29, 0.717) is 5.56 Å². The van der Waals surface area contributed by atoms with Gasteiger partial charge in [-0.25, -0.2) is 0 Å². The second-order valence-corrected chi connectivity index (χ2v) is 6.84. The summed E-state index contributed by atoms with van der Waals surface area (Å²) in [5.41, 5.74) is -2.00. The first-order chi connectivity index (χ1) is 10.0. The van der Waals surface area contributed by atoms with E-state index in [2.05, 4.69) is 4.98 Å². The molecule has 3 atom stereocenters. The van der Waals surface area contributed by atoms with E-state index in [9.17, 15) is 20.0 Å². The van der Waals surface area contributed by atoms with Gasteiger partial charge in [0.2, 0.25) is 0 Å². The zero-order valence-electron chi connectivity index (χ0n) is 13.1. The summed E-state index contributed by atoms with van der Waals surface area (Å²) in [4.78, 5) is 26.6. The molecule has 0 aromatic carbocycles. The Kier molecular flexibility index (Phi) is 4.06. The molecule has 2 heterocycles. The van der Waals surface area contributed by atoms with E-state index in [0.717, 1.165) is 6.20 Å². The van der Waals surface area contributed by atoms with Gasteiger partial charge in [0.15, 0.2) is 5.78 Å². The molecule has 0 saturated carbocycles. The van der Waals surface area contributed by atoms with Gasteiger partial charge in [-0.3, -0.25) is 19.9 Å². The lowest BCUT2D eigenvalue weighted by molar-refractivity contribution is -0.386. The first kappa shape index (κ1) is 16.5. The third kappa shape index (κ3) is 2.86. The van der Waals surface area contributed by atoms with Crippen molar-refractivity contribution in [2.24, 2.45) is 5.41 Å². The highest BCUT2D eigenvalue weighted by Gasteiger charge is 2.52. The standard InChI is InChI=1S/C15H20N2O5/c1-14(2,3)13-15(4,19)12(18)7-11(22-13)9-5-6-16-8-10(9)17(20)21/h5-6,8,11,13,19H,7H2,1-4H3/t11-,13-,15+/m1/s1. The van der Waals surface area contributed by atoms with Crippen LogP contribution in [0.3, 0.4) is 0 Å². The largest absolute Gasteiger partial charge is 0.380 e. The molecule has 0 unspecified atom stereocenters. The van der Waals surface area contributed by atoms with Crippen molar-refractivity contribution in [3.8, 4) is 0 Å². The monoisotopic (exact) mass is 308 g/mol. The van der Waals surface area contributed by atoms with Crippen LogP contribution in [0.1, 0.15) is 45.8 Å². The fraction of sp³-hybridized carbons (Fsp3) is 0.600. The van der Waals surface area contributed by atoms with Crippen molar-refractivity contribution in [1.82, 2.24) is 4.98 Å². The van der Waals surface area contributed by atoms with Gasteiger partial charge in [0.05, 0.1) is 22.7 Å². The number of nitro groups is 1. The molecule has 1 aromatic heterocycles. The fourth-order valence-corrected chi connectivity index (χ4v) is 2.92. The Balaban J connectivity index is 2.43. The quantitative estimate of drug-likeness (QED) is 0.663. The van der Waals surface area contributed by atoms with Crippen molar-refractivity contribution in [1.29, 1.82) is 0 Å². The number of Topliss-reactive ketones (excluding diaryl/α,β-unsaturated/α-hetero) is 1. The molecule has 0 spiro atoms. The first-order valence-corrected chi connectivity index (χ1v) is 7.04. The van der Waals surface area contributed by atoms with Gasteiger partial charge < -0.3 is 9.84 Å². The summed E-state index contributed by atoms with van der Waals surface area (Å²) >= 11 is 0. The highest BCUT2D eigenvalue weighted by atomic mass is 16.6. The number of aliphatic hydroxyl groups is 1. The van der Waals surface area contributed by atoms with Crippen molar-refractivity contribution in [3.63, 3.8) is 0 Å². The Labute approximate surface area is 128 Å². The lowest BCUT2D eigenvalue weighted by Gasteiger charge is -2.45. The maximum absolute atomic E-state index is 12.3. The minimum absolute atomic E-state index is 0.107. The van der Waals surface area contributed by atoms with Crippen LogP contribution in [0, 0.1) is 15.5 Å². The molecule has 22 heavy (non-hydrogen) atoms. The van der Waals surface area contributed by atoms with Crippen LogP contribution >= 0.6 is 0 Å². The van der Waals surface area contributed by atoms with Crippen LogP contribution in [0.2, 0.25) is 0 Å². The highest BCUT2D eigenvalue weighted by molar-refractivity contribution is 5.88. The lowest BCUT2D eigenvalue weighted by atomic mass is 9.74. The normalized spacial score (nSPS) is 29.4. The number of nitrogens with zero attached hydrogens (tertiary/aromatic N) is 2. The molecular formula is C15H20N2O5. The molecule has 7 heteroatoms. The Morgan fingerprint density at radius 2 is 2.14 bits per heavy atom. The number of rotatable bonds is 2. The summed E-state index contributed by atoms with van der Waals surface area (Å²) in [5, 5.41) is 21.6. The number of carbonyl (C=O) groups is 1. The Hall–Kier alpha value is -1.86. The van der Waals surface area contributed by atoms with Crippen molar-refractivity contribution in [3.05, 3.63) is 34.1 Å². The van der Waals surface area contributed by atoms with Crippen LogP contribution in [0.15, 0.2) is 18.5 Å². The smallest absolute Gasteiger partial charge is 0.293 e. The number of hydrogen-bond acceptors (Lipinski definition) is 6. The highest BCUT2D eigenvalue weighted by Crippen LogP contribution is 2.43. The second-order valence-electron chi connectivity index (χ2n) is 6.84. The molecule has 1 fully saturated rings. The van der Waals surface area contributed by atoms with Crippen LogP contribution in [0.5, 0.6) is 0 Å². The second kappa shape index (κ2) is 5.40. The van der Waals surface area contributed by atoms with Gasteiger partial charge in [-0.2, -0.15) is 0 Å². The molecular weight excluding hydrogens is 288 g/mol. The van der Waals surface area contributed by atoms with E-state index in [1.54, 1.807) is 0 Å². The van der Waals surface area contributed by atoms with Gasteiger partial charge in [0.1, 0.15) is 11.8 Å². The zero-order valence-corrected chi connectivity index (χ0v) is 13.1. The summed E-state index contributed by atoms with van der Waals surface area (Å²) in [6, 6.07) is 1.48. The summed E-state index contributed by atoms with van der Waals surface area (Å²) in [6.45, 7) is 6.98. The minimum Gasteiger partial charge on any atom is -0.380 e. The molecule has 2 rings (SSSR count). The van der Waals surface area contributed by atoms with Gasteiger partial charge in [0, 0.05) is 12.6 Å². The van der Waals surface area contributed by atoms with E-state index < -0.39 is 28.1 Å². The van der Waals surface area contributed by atoms with Gasteiger partial charge in [0.25, 0.3) is 5.69 Å². The minimum atomic E-state index is -1.61. The van der Waals surface area contributed by atoms with Gasteiger partial charge in [-0.15, -0.1) is 0 Å². The Morgan fingerprint density at radius 1 is 1.50 bits per heavy atom. The van der Waals surface area contributed by atoms with Gasteiger partial charge in [-0.05, 0) is 18.4 Å². The zero-order chi connectivity index (χ0) is 16.7. The molecule has 1 N–H and O–H groups in total.